The Labute approximate surface area is 182 Å². The Balaban J connectivity index is 2.57. The van der Waals surface area contributed by atoms with Crippen molar-refractivity contribution < 1.29 is 19.2 Å². The zero-order valence-corrected chi connectivity index (χ0v) is 18.9. The lowest BCUT2D eigenvalue weighted by Crippen LogP contribution is -2.47. The van der Waals surface area contributed by atoms with Gasteiger partial charge >= 0.3 is 5.69 Å². The third-order valence-corrected chi connectivity index (χ3v) is 5.43. The van der Waals surface area contributed by atoms with E-state index in [0.717, 1.165) is 25.0 Å². The van der Waals surface area contributed by atoms with E-state index in [4.69, 9.17) is 21.7 Å². The molecular weight excluding hydrogens is 406 g/mol. The van der Waals surface area contributed by atoms with E-state index in [9.17, 15) is 14.9 Å². The van der Waals surface area contributed by atoms with Crippen LogP contribution in [0.2, 0.25) is 0 Å². The van der Waals surface area contributed by atoms with Crippen molar-refractivity contribution in [2.45, 2.75) is 53.0 Å². The first-order valence-corrected chi connectivity index (χ1v) is 10.5. The molecule has 0 bridgehead atoms. The summed E-state index contributed by atoms with van der Waals surface area (Å²) in [5.41, 5.74) is 1.56. The average Bonchev–Trinajstić information content (AvgIpc) is 2.70. The molecule has 1 aromatic rings. The number of methoxy groups -OCH3 is 1. The number of nitrogens with zero attached hydrogens (tertiary/aromatic N) is 2. The van der Waals surface area contributed by atoms with Crippen molar-refractivity contribution >= 4 is 28.8 Å². The second kappa shape index (κ2) is 10.4. The number of benzene rings is 1. The minimum absolute atomic E-state index is 0.0981. The van der Waals surface area contributed by atoms with E-state index in [2.05, 4.69) is 12.2 Å². The number of rotatable bonds is 10. The molecule has 1 atom stereocenters. The molecule has 0 saturated heterocycles. The van der Waals surface area contributed by atoms with Gasteiger partial charge in [-0.3, -0.25) is 14.9 Å². The molecule has 0 spiro atoms. The van der Waals surface area contributed by atoms with Crippen LogP contribution in [0.3, 0.4) is 0 Å². The fourth-order valence-corrected chi connectivity index (χ4v) is 3.99. The molecule has 0 fully saturated rings. The van der Waals surface area contributed by atoms with Gasteiger partial charge in [-0.25, -0.2) is 0 Å². The Morgan fingerprint density at radius 2 is 2.03 bits per heavy atom. The van der Waals surface area contributed by atoms with E-state index in [1.807, 2.05) is 18.7 Å². The van der Waals surface area contributed by atoms with Crippen LogP contribution in [-0.2, 0) is 4.79 Å². The number of carbonyl (C=O) groups is 1. The normalized spacial score (nSPS) is 16.4. The molecule has 8 nitrogen and oxygen atoms in total. The number of nitro groups is 1. The van der Waals surface area contributed by atoms with Crippen LogP contribution in [0.1, 0.15) is 58.6 Å². The molecule has 1 heterocycles. The second-order valence-electron chi connectivity index (χ2n) is 7.07. The van der Waals surface area contributed by atoms with Gasteiger partial charge in [-0.1, -0.05) is 19.8 Å². The van der Waals surface area contributed by atoms with Crippen molar-refractivity contribution in [2.75, 3.05) is 20.3 Å². The molecule has 9 heteroatoms. The number of ketones is 1. The largest absolute Gasteiger partial charge is 0.493 e. The smallest absolute Gasteiger partial charge is 0.315 e. The van der Waals surface area contributed by atoms with Gasteiger partial charge in [0.25, 0.3) is 0 Å². The monoisotopic (exact) mass is 435 g/mol. The molecule has 1 unspecified atom stereocenters. The molecule has 1 N–H and O–H groups in total. The molecule has 0 amide bonds. The first kappa shape index (κ1) is 23.6. The first-order chi connectivity index (χ1) is 14.3. The van der Waals surface area contributed by atoms with E-state index < -0.39 is 11.0 Å². The highest BCUT2D eigenvalue weighted by Gasteiger charge is 2.34. The van der Waals surface area contributed by atoms with Crippen LogP contribution in [0.4, 0.5) is 5.69 Å². The molecule has 0 radical (unpaired) electrons. The predicted octanol–water partition coefficient (Wildman–Crippen LogP) is 4.29. The maximum atomic E-state index is 12.4. The van der Waals surface area contributed by atoms with Gasteiger partial charge in [-0.05, 0) is 51.0 Å². The molecule has 0 aliphatic carbocycles. The van der Waals surface area contributed by atoms with Gasteiger partial charge in [0.05, 0.1) is 24.7 Å². The molecule has 30 heavy (non-hydrogen) atoms. The minimum Gasteiger partial charge on any atom is -0.493 e. The third-order valence-electron chi connectivity index (χ3n) is 5.09. The molecule has 0 saturated carbocycles. The number of thiocarbonyl (C=S) groups is 1. The maximum absolute atomic E-state index is 12.4. The second-order valence-corrected chi connectivity index (χ2v) is 7.45. The SMILES string of the molecule is CCCCCOc1c(OC)cc(C2NC(=S)N(CC)C(C)=C2C(C)=O)cc1[N+](=O)[O-]. The summed E-state index contributed by atoms with van der Waals surface area (Å²) in [6.07, 6.45) is 2.78. The van der Waals surface area contributed by atoms with Crippen LogP contribution in [0, 0.1) is 10.1 Å². The van der Waals surface area contributed by atoms with E-state index in [1.54, 1.807) is 6.07 Å². The number of allylic oxidation sites excluding steroid dienone is 1. The van der Waals surface area contributed by atoms with E-state index in [1.165, 1.54) is 20.1 Å². The van der Waals surface area contributed by atoms with E-state index in [0.29, 0.717) is 29.4 Å². The highest BCUT2D eigenvalue weighted by molar-refractivity contribution is 7.80. The van der Waals surface area contributed by atoms with Crippen molar-refractivity contribution in [3.05, 3.63) is 39.1 Å². The fraction of sp³-hybridized carbons (Fsp3) is 0.524. The van der Waals surface area contributed by atoms with Crippen molar-refractivity contribution in [3.8, 4) is 11.5 Å². The number of hydrogen-bond acceptors (Lipinski definition) is 6. The average molecular weight is 436 g/mol. The summed E-state index contributed by atoms with van der Waals surface area (Å²) < 4.78 is 11.1. The van der Waals surface area contributed by atoms with Crippen molar-refractivity contribution in [2.24, 2.45) is 0 Å². The Hall–Kier alpha value is -2.68. The molecule has 164 valence electrons. The standard InChI is InChI=1S/C21H29N3O5S/c1-6-8-9-10-29-20-16(24(26)27)11-15(12-17(20)28-5)19-18(14(4)25)13(3)23(7-2)21(30)22-19/h11-12,19H,6-10H2,1-5H3,(H,22,30). The quantitative estimate of drug-likeness (QED) is 0.252. The number of nitro benzene ring substituents is 1. The number of Topliss-reactive ketones (excluding diaryl/α,β-unsaturated/α-hetero) is 1. The van der Waals surface area contributed by atoms with Crippen LogP contribution >= 0.6 is 12.2 Å². The summed E-state index contributed by atoms with van der Waals surface area (Å²) in [4.78, 5) is 25.6. The lowest BCUT2D eigenvalue weighted by molar-refractivity contribution is -0.386. The zero-order valence-electron chi connectivity index (χ0n) is 18.1. The van der Waals surface area contributed by atoms with Gasteiger partial charge in [0.15, 0.2) is 16.6 Å². The minimum atomic E-state index is -0.612. The fourth-order valence-electron chi connectivity index (χ4n) is 3.60. The van der Waals surface area contributed by atoms with Crippen molar-refractivity contribution in [1.29, 1.82) is 0 Å². The Bertz CT molecular complexity index is 868. The van der Waals surface area contributed by atoms with Gasteiger partial charge in [0.2, 0.25) is 5.75 Å². The summed E-state index contributed by atoms with van der Waals surface area (Å²) in [5.74, 6) is 0.218. The number of nitrogens with one attached hydrogen (secondary N) is 1. The lowest BCUT2D eigenvalue weighted by atomic mass is 9.92. The topological polar surface area (TPSA) is 93.9 Å². The van der Waals surface area contributed by atoms with Gasteiger partial charge in [0.1, 0.15) is 0 Å². The number of unbranched alkanes of at least 4 members (excludes halogenated alkanes) is 2. The van der Waals surface area contributed by atoms with Crippen molar-refractivity contribution in [3.63, 3.8) is 0 Å². The van der Waals surface area contributed by atoms with Crippen LogP contribution in [0.5, 0.6) is 11.5 Å². The zero-order chi connectivity index (χ0) is 22.4. The Morgan fingerprint density at radius 3 is 2.57 bits per heavy atom. The summed E-state index contributed by atoms with van der Waals surface area (Å²) in [6.45, 7) is 8.29. The Morgan fingerprint density at radius 1 is 1.33 bits per heavy atom. The highest BCUT2D eigenvalue weighted by atomic mass is 32.1. The summed E-state index contributed by atoms with van der Waals surface area (Å²) >= 11 is 5.45. The van der Waals surface area contributed by atoms with E-state index >= 15 is 0 Å². The number of carbonyl (C=O) groups excluding carboxylic acids is 1. The third kappa shape index (κ3) is 4.89. The van der Waals surface area contributed by atoms with Gasteiger partial charge in [-0.15, -0.1) is 0 Å². The van der Waals surface area contributed by atoms with Crippen molar-refractivity contribution in [1.82, 2.24) is 10.2 Å². The predicted molar refractivity (Wildman–Crippen MR) is 119 cm³/mol. The molecule has 1 aliphatic heterocycles. The number of ether oxygens (including phenoxy) is 2. The van der Waals surface area contributed by atoms with Crippen LogP contribution in [-0.4, -0.2) is 41.0 Å². The highest BCUT2D eigenvalue weighted by Crippen LogP contribution is 2.42. The lowest BCUT2D eigenvalue weighted by Gasteiger charge is -2.37. The van der Waals surface area contributed by atoms with Gasteiger partial charge in [-0.2, -0.15) is 0 Å². The summed E-state index contributed by atoms with van der Waals surface area (Å²) in [6, 6.07) is 2.48. The first-order valence-electron chi connectivity index (χ1n) is 10.1. The van der Waals surface area contributed by atoms with Gasteiger partial charge in [0, 0.05) is 23.9 Å². The molecule has 0 aromatic heterocycles. The molecular formula is C21H29N3O5S. The van der Waals surface area contributed by atoms with Crippen LogP contribution in [0.25, 0.3) is 0 Å². The Kier molecular flexibility index (Phi) is 8.16. The van der Waals surface area contributed by atoms with E-state index in [-0.39, 0.29) is 23.0 Å². The maximum Gasteiger partial charge on any atom is 0.315 e. The van der Waals surface area contributed by atoms with Crippen LogP contribution < -0.4 is 14.8 Å². The molecule has 2 rings (SSSR count). The molecule has 1 aromatic carbocycles. The summed E-state index contributed by atoms with van der Waals surface area (Å²) in [5, 5.41) is 15.4. The van der Waals surface area contributed by atoms with Gasteiger partial charge < -0.3 is 19.7 Å². The number of hydrogen-bond donors (Lipinski definition) is 1. The molecule has 1 aliphatic rings. The summed E-state index contributed by atoms with van der Waals surface area (Å²) in [7, 11) is 1.44. The van der Waals surface area contributed by atoms with Crippen LogP contribution in [0.15, 0.2) is 23.4 Å².